The van der Waals surface area contributed by atoms with Crippen LogP contribution in [0.25, 0.3) is 0 Å². The van der Waals surface area contributed by atoms with Crippen LogP contribution in [0.4, 0.5) is 10.2 Å². The number of aryl methyl sites for hydroxylation is 1. The van der Waals surface area contributed by atoms with E-state index in [1.807, 2.05) is 0 Å². The van der Waals surface area contributed by atoms with Crippen molar-refractivity contribution < 1.29 is 4.39 Å². The molecule has 0 amide bonds. The number of nitrogens with zero attached hydrogens (tertiary/aromatic N) is 1. The van der Waals surface area contributed by atoms with E-state index in [-0.39, 0.29) is 5.82 Å². The second-order valence-corrected chi connectivity index (χ2v) is 1.96. The van der Waals surface area contributed by atoms with Gasteiger partial charge in [-0.2, -0.15) is 0 Å². The molecule has 0 aromatic carbocycles. The van der Waals surface area contributed by atoms with Crippen molar-refractivity contribution in [2.45, 2.75) is 6.92 Å². The highest BCUT2D eigenvalue weighted by molar-refractivity contribution is 5.41. The molecule has 10 heavy (non-hydrogen) atoms. The Morgan fingerprint density at radius 3 is 2.90 bits per heavy atom. The van der Waals surface area contributed by atoms with E-state index in [2.05, 4.69) is 10.4 Å². The van der Waals surface area contributed by atoms with Crippen LogP contribution in [0.3, 0.4) is 0 Å². The molecule has 0 atom stereocenters. The molecule has 3 N–H and O–H groups in total. The fourth-order valence-electron chi connectivity index (χ4n) is 0.692. The van der Waals surface area contributed by atoms with Crippen molar-refractivity contribution in [1.29, 1.82) is 0 Å². The molecule has 0 bridgehead atoms. The number of hydrazine groups is 1. The van der Waals surface area contributed by atoms with Crippen LogP contribution in [0.2, 0.25) is 0 Å². The van der Waals surface area contributed by atoms with Crippen molar-refractivity contribution in [2.75, 3.05) is 5.43 Å². The molecule has 3 nitrogen and oxygen atoms in total. The normalized spacial score (nSPS) is 9.50. The van der Waals surface area contributed by atoms with Crippen molar-refractivity contribution >= 4 is 5.82 Å². The van der Waals surface area contributed by atoms with E-state index in [0.29, 0.717) is 11.4 Å². The quantitative estimate of drug-likeness (QED) is 0.449. The molecular formula is C6H8FN3. The summed E-state index contributed by atoms with van der Waals surface area (Å²) in [6, 6.07) is 1.36. The second-order valence-electron chi connectivity index (χ2n) is 1.96. The predicted molar refractivity (Wildman–Crippen MR) is 36.7 cm³/mol. The Balaban J connectivity index is 3.07. The highest BCUT2D eigenvalue weighted by Crippen LogP contribution is 2.09. The van der Waals surface area contributed by atoms with Gasteiger partial charge in [0.2, 0.25) is 0 Å². The topological polar surface area (TPSA) is 50.9 Å². The molecule has 0 aliphatic rings. The maximum Gasteiger partial charge on any atom is 0.143 e. The van der Waals surface area contributed by atoms with Crippen molar-refractivity contribution in [2.24, 2.45) is 5.84 Å². The average Bonchev–Trinajstić information content (AvgIpc) is 1.88. The lowest BCUT2D eigenvalue weighted by atomic mass is 10.3. The molecule has 0 aliphatic heterocycles. The van der Waals surface area contributed by atoms with Gasteiger partial charge in [-0.3, -0.25) is 0 Å². The van der Waals surface area contributed by atoms with Gasteiger partial charge in [0.15, 0.2) is 0 Å². The minimum absolute atomic E-state index is 0.350. The van der Waals surface area contributed by atoms with Crippen LogP contribution in [-0.2, 0) is 0 Å². The molecule has 0 aliphatic carbocycles. The van der Waals surface area contributed by atoms with Gasteiger partial charge in [-0.15, -0.1) is 0 Å². The first-order chi connectivity index (χ1) is 4.74. The van der Waals surface area contributed by atoms with Crippen molar-refractivity contribution in [3.8, 4) is 0 Å². The molecule has 54 valence electrons. The third kappa shape index (κ3) is 1.22. The van der Waals surface area contributed by atoms with E-state index in [1.165, 1.54) is 6.07 Å². The fourth-order valence-corrected chi connectivity index (χ4v) is 0.692. The van der Waals surface area contributed by atoms with Gasteiger partial charge in [-0.25, -0.2) is 15.2 Å². The van der Waals surface area contributed by atoms with E-state index < -0.39 is 0 Å². The van der Waals surface area contributed by atoms with Gasteiger partial charge in [0.1, 0.15) is 11.6 Å². The number of rotatable bonds is 1. The first kappa shape index (κ1) is 6.95. The first-order valence-corrected chi connectivity index (χ1v) is 2.83. The van der Waals surface area contributed by atoms with E-state index in [9.17, 15) is 4.39 Å². The summed E-state index contributed by atoms with van der Waals surface area (Å²) in [5.74, 6) is 5.22. The summed E-state index contributed by atoms with van der Waals surface area (Å²) in [7, 11) is 0. The maximum absolute atomic E-state index is 12.4. The molecule has 1 heterocycles. The number of nitrogens with two attached hydrogens (primary N) is 1. The van der Waals surface area contributed by atoms with Gasteiger partial charge in [-0.1, -0.05) is 0 Å². The lowest BCUT2D eigenvalue weighted by Gasteiger charge is -2.00. The van der Waals surface area contributed by atoms with Gasteiger partial charge in [0.25, 0.3) is 0 Å². The number of hydrogen-bond donors (Lipinski definition) is 2. The van der Waals surface area contributed by atoms with Crippen LogP contribution < -0.4 is 11.3 Å². The van der Waals surface area contributed by atoms with Gasteiger partial charge in [0, 0.05) is 0 Å². The molecule has 1 rings (SSSR count). The summed E-state index contributed by atoms with van der Waals surface area (Å²) in [6.07, 6.45) is 1.11. The Hall–Kier alpha value is -1.16. The second kappa shape index (κ2) is 2.62. The fraction of sp³-hybridized carbons (Fsp3) is 0.167. The monoisotopic (exact) mass is 141 g/mol. The lowest BCUT2D eigenvalue weighted by molar-refractivity contribution is 0.620. The highest BCUT2D eigenvalue weighted by Gasteiger charge is 1.97. The van der Waals surface area contributed by atoms with Crippen LogP contribution in [0, 0.1) is 12.7 Å². The number of anilines is 1. The van der Waals surface area contributed by atoms with Crippen LogP contribution in [-0.4, -0.2) is 4.98 Å². The summed E-state index contributed by atoms with van der Waals surface area (Å²) < 4.78 is 12.4. The Kier molecular flexibility index (Phi) is 1.82. The smallest absolute Gasteiger partial charge is 0.143 e. The zero-order valence-electron chi connectivity index (χ0n) is 5.56. The molecule has 0 saturated heterocycles. The van der Waals surface area contributed by atoms with Gasteiger partial charge in [0.05, 0.1) is 6.20 Å². The van der Waals surface area contributed by atoms with Gasteiger partial charge in [-0.05, 0) is 18.6 Å². The molecule has 0 spiro atoms. The Bertz CT molecular complexity index is 236. The summed E-state index contributed by atoms with van der Waals surface area (Å²) in [5.41, 5.74) is 3.04. The SMILES string of the molecule is Cc1cc(F)cnc1NN. The Morgan fingerprint density at radius 2 is 2.40 bits per heavy atom. The van der Waals surface area contributed by atoms with Crippen LogP contribution in [0.1, 0.15) is 5.56 Å². The molecule has 1 aromatic rings. The molecule has 0 fully saturated rings. The molecule has 0 saturated carbocycles. The van der Waals surface area contributed by atoms with Crippen LogP contribution >= 0.6 is 0 Å². The minimum Gasteiger partial charge on any atom is -0.308 e. The number of aromatic nitrogens is 1. The zero-order valence-corrected chi connectivity index (χ0v) is 5.56. The largest absolute Gasteiger partial charge is 0.308 e. The van der Waals surface area contributed by atoms with Crippen LogP contribution in [0.15, 0.2) is 12.3 Å². The number of nitrogens with one attached hydrogen (secondary N) is 1. The van der Waals surface area contributed by atoms with Crippen LogP contribution in [0.5, 0.6) is 0 Å². The van der Waals surface area contributed by atoms with Crippen molar-refractivity contribution in [1.82, 2.24) is 4.98 Å². The third-order valence-electron chi connectivity index (χ3n) is 1.18. The minimum atomic E-state index is -0.350. The zero-order chi connectivity index (χ0) is 7.56. The van der Waals surface area contributed by atoms with Crippen molar-refractivity contribution in [3.05, 3.63) is 23.6 Å². The predicted octanol–water partition coefficient (Wildman–Crippen LogP) is 0.815. The molecular weight excluding hydrogens is 133 g/mol. The van der Waals surface area contributed by atoms with Gasteiger partial charge < -0.3 is 5.43 Å². The average molecular weight is 141 g/mol. The number of halogens is 1. The van der Waals surface area contributed by atoms with E-state index in [1.54, 1.807) is 6.92 Å². The van der Waals surface area contributed by atoms with Gasteiger partial charge >= 0.3 is 0 Å². The maximum atomic E-state index is 12.4. The highest BCUT2D eigenvalue weighted by atomic mass is 19.1. The summed E-state index contributed by atoms with van der Waals surface area (Å²) in [6.45, 7) is 1.73. The Morgan fingerprint density at radius 1 is 1.70 bits per heavy atom. The summed E-state index contributed by atoms with van der Waals surface area (Å²) >= 11 is 0. The summed E-state index contributed by atoms with van der Waals surface area (Å²) in [5, 5.41) is 0. The molecule has 1 aromatic heterocycles. The summed E-state index contributed by atoms with van der Waals surface area (Å²) in [4.78, 5) is 3.69. The molecule has 4 heteroatoms. The van der Waals surface area contributed by atoms with Crippen molar-refractivity contribution in [3.63, 3.8) is 0 Å². The third-order valence-corrected chi connectivity index (χ3v) is 1.18. The Labute approximate surface area is 58.0 Å². The number of pyridine rings is 1. The first-order valence-electron chi connectivity index (χ1n) is 2.83. The molecule has 0 radical (unpaired) electrons. The molecule has 0 unspecified atom stereocenters. The number of hydrogen-bond acceptors (Lipinski definition) is 3. The number of nitrogen functional groups attached to an aromatic ring is 1. The van der Waals surface area contributed by atoms with E-state index >= 15 is 0 Å². The van der Waals surface area contributed by atoms with E-state index in [0.717, 1.165) is 6.20 Å². The lowest BCUT2D eigenvalue weighted by Crippen LogP contribution is -2.09. The standard InChI is InChI=1S/C6H8FN3/c1-4-2-5(7)3-9-6(4)10-8/h2-3H,8H2,1H3,(H,9,10). The van der Waals surface area contributed by atoms with E-state index in [4.69, 9.17) is 5.84 Å².